The first kappa shape index (κ1) is 17.0. The second-order valence-corrected chi connectivity index (χ2v) is 7.04. The highest BCUT2D eigenvalue weighted by Crippen LogP contribution is 2.28. The van der Waals surface area contributed by atoms with Gasteiger partial charge in [0.25, 0.3) is 5.89 Å². The fourth-order valence-corrected chi connectivity index (χ4v) is 3.53. The molecule has 0 bridgehead atoms. The Morgan fingerprint density at radius 1 is 1.35 bits per heavy atom. The van der Waals surface area contributed by atoms with E-state index in [9.17, 15) is 4.79 Å². The van der Waals surface area contributed by atoms with Crippen LogP contribution in [0.3, 0.4) is 0 Å². The van der Waals surface area contributed by atoms with E-state index in [1.54, 1.807) is 29.2 Å². The highest BCUT2D eigenvalue weighted by molar-refractivity contribution is 7.13. The second kappa shape index (κ2) is 7.45. The molecule has 2 aromatic heterocycles. The molecule has 2 amide bonds. The third-order valence-electron chi connectivity index (χ3n) is 3.93. The molecule has 1 aliphatic heterocycles. The van der Waals surface area contributed by atoms with Gasteiger partial charge in [0, 0.05) is 17.3 Å². The first-order valence-corrected chi connectivity index (χ1v) is 9.25. The van der Waals surface area contributed by atoms with E-state index in [1.165, 1.54) is 11.3 Å². The molecule has 134 valence electrons. The van der Waals surface area contributed by atoms with Crippen LogP contribution in [0.1, 0.15) is 11.9 Å². The summed E-state index contributed by atoms with van der Waals surface area (Å²) in [7, 11) is 0. The Labute approximate surface area is 158 Å². The number of thiophene rings is 1. The summed E-state index contributed by atoms with van der Waals surface area (Å²) in [6.07, 6.45) is 0. The smallest absolute Gasteiger partial charge is 0.322 e. The lowest BCUT2D eigenvalue weighted by molar-refractivity contribution is 0.00349. The van der Waals surface area contributed by atoms with E-state index in [2.05, 4.69) is 15.5 Å². The quantitative estimate of drug-likeness (QED) is 0.729. The first-order chi connectivity index (χ1) is 12.7. The number of halogens is 1. The molecular weight excluding hydrogens is 376 g/mol. The molecule has 26 heavy (non-hydrogen) atoms. The van der Waals surface area contributed by atoms with Crippen molar-refractivity contribution in [2.24, 2.45) is 0 Å². The van der Waals surface area contributed by atoms with Crippen molar-refractivity contribution in [2.45, 2.75) is 6.04 Å². The van der Waals surface area contributed by atoms with E-state index in [0.29, 0.717) is 42.2 Å². The van der Waals surface area contributed by atoms with E-state index in [4.69, 9.17) is 20.9 Å². The average molecular weight is 391 g/mol. The van der Waals surface area contributed by atoms with Crippen molar-refractivity contribution in [3.8, 4) is 10.7 Å². The van der Waals surface area contributed by atoms with Gasteiger partial charge in [-0.3, -0.25) is 0 Å². The van der Waals surface area contributed by atoms with E-state index in [1.807, 2.05) is 17.5 Å². The van der Waals surface area contributed by atoms with Gasteiger partial charge in [-0.1, -0.05) is 28.9 Å². The van der Waals surface area contributed by atoms with Gasteiger partial charge in [0.2, 0.25) is 5.82 Å². The van der Waals surface area contributed by atoms with Crippen LogP contribution in [0.25, 0.3) is 10.7 Å². The Hall–Kier alpha value is -2.42. The molecule has 0 radical (unpaired) electrons. The topological polar surface area (TPSA) is 80.5 Å². The molecule has 1 N–H and O–H groups in total. The Balaban J connectivity index is 1.54. The molecule has 0 aliphatic carbocycles. The van der Waals surface area contributed by atoms with Crippen LogP contribution in [-0.4, -0.2) is 40.8 Å². The summed E-state index contributed by atoms with van der Waals surface area (Å²) in [6, 6.07) is 10.1. The zero-order chi connectivity index (χ0) is 17.9. The number of nitrogens with one attached hydrogen (secondary N) is 1. The van der Waals surface area contributed by atoms with Crippen molar-refractivity contribution in [1.29, 1.82) is 0 Å². The summed E-state index contributed by atoms with van der Waals surface area (Å²) in [6.45, 7) is 1.17. The fourth-order valence-electron chi connectivity index (χ4n) is 2.69. The van der Waals surface area contributed by atoms with Crippen LogP contribution in [0.15, 0.2) is 46.3 Å². The number of amides is 2. The Morgan fingerprint density at radius 2 is 2.27 bits per heavy atom. The monoisotopic (exact) mass is 390 g/mol. The normalized spacial score (nSPS) is 17.3. The standard InChI is InChI=1S/C17H15ClN4O3S/c18-11-3-1-4-12(9-11)19-17(23)22-6-7-24-10-13(22)16-20-15(21-25-16)14-5-2-8-26-14/h1-5,8-9,13H,6-7,10H2,(H,19,23)/t13-/m0/s1. The number of ether oxygens (including phenoxy) is 1. The molecule has 3 heterocycles. The molecule has 0 spiro atoms. The van der Waals surface area contributed by atoms with Crippen molar-refractivity contribution < 1.29 is 14.1 Å². The van der Waals surface area contributed by atoms with E-state index >= 15 is 0 Å². The zero-order valence-electron chi connectivity index (χ0n) is 13.6. The highest BCUT2D eigenvalue weighted by atomic mass is 35.5. The van der Waals surface area contributed by atoms with Gasteiger partial charge in [-0.15, -0.1) is 11.3 Å². The molecular formula is C17H15ClN4O3S. The Kier molecular flexibility index (Phi) is 4.87. The van der Waals surface area contributed by atoms with Crippen LogP contribution >= 0.6 is 22.9 Å². The fraction of sp³-hybridized carbons (Fsp3) is 0.235. The Morgan fingerprint density at radius 3 is 3.08 bits per heavy atom. The van der Waals surface area contributed by atoms with Gasteiger partial charge in [0.05, 0.1) is 18.1 Å². The predicted octanol–water partition coefficient (Wildman–Crippen LogP) is 4.06. The van der Waals surface area contributed by atoms with E-state index < -0.39 is 6.04 Å². The maximum atomic E-state index is 12.7. The molecule has 4 rings (SSSR count). The minimum Gasteiger partial charge on any atom is -0.377 e. The van der Waals surface area contributed by atoms with Crippen molar-refractivity contribution in [1.82, 2.24) is 15.0 Å². The summed E-state index contributed by atoms with van der Waals surface area (Å²) >= 11 is 7.50. The minimum absolute atomic E-state index is 0.267. The Bertz CT molecular complexity index is 899. The molecule has 1 aromatic carbocycles. The van der Waals surface area contributed by atoms with Gasteiger partial charge in [-0.25, -0.2) is 4.79 Å². The number of benzene rings is 1. The van der Waals surface area contributed by atoms with Gasteiger partial charge in [-0.05, 0) is 29.6 Å². The van der Waals surface area contributed by atoms with Crippen molar-refractivity contribution >= 4 is 34.7 Å². The lowest BCUT2D eigenvalue weighted by Crippen LogP contribution is -2.45. The molecule has 1 saturated heterocycles. The molecule has 0 unspecified atom stereocenters. The number of carbonyl (C=O) groups is 1. The van der Waals surface area contributed by atoms with Crippen molar-refractivity contribution in [2.75, 3.05) is 25.1 Å². The van der Waals surface area contributed by atoms with Crippen LogP contribution in [-0.2, 0) is 4.74 Å². The molecule has 3 aromatic rings. The second-order valence-electron chi connectivity index (χ2n) is 5.66. The summed E-state index contributed by atoms with van der Waals surface area (Å²) in [5, 5.41) is 9.36. The first-order valence-electron chi connectivity index (χ1n) is 7.99. The number of urea groups is 1. The number of nitrogens with zero attached hydrogens (tertiary/aromatic N) is 3. The largest absolute Gasteiger partial charge is 0.377 e. The summed E-state index contributed by atoms with van der Waals surface area (Å²) in [5.41, 5.74) is 0.623. The zero-order valence-corrected chi connectivity index (χ0v) is 15.2. The van der Waals surface area contributed by atoms with Gasteiger partial charge in [0.1, 0.15) is 6.04 Å². The number of aromatic nitrogens is 2. The predicted molar refractivity (Wildman–Crippen MR) is 98.3 cm³/mol. The number of morpholine rings is 1. The molecule has 1 fully saturated rings. The molecule has 9 heteroatoms. The molecule has 0 saturated carbocycles. The van der Waals surface area contributed by atoms with Gasteiger partial charge < -0.3 is 19.5 Å². The van der Waals surface area contributed by atoms with Crippen molar-refractivity contribution in [3.63, 3.8) is 0 Å². The molecule has 1 atom stereocenters. The van der Waals surface area contributed by atoms with Gasteiger partial charge in [-0.2, -0.15) is 4.98 Å². The van der Waals surface area contributed by atoms with E-state index in [-0.39, 0.29) is 6.03 Å². The average Bonchev–Trinajstić information content (AvgIpc) is 3.33. The number of rotatable bonds is 3. The number of anilines is 1. The van der Waals surface area contributed by atoms with Crippen LogP contribution in [0.4, 0.5) is 10.5 Å². The molecule has 1 aliphatic rings. The summed E-state index contributed by atoms with van der Waals surface area (Å²) in [5.74, 6) is 0.866. The van der Waals surface area contributed by atoms with Crippen LogP contribution in [0.2, 0.25) is 5.02 Å². The number of hydrogen-bond donors (Lipinski definition) is 1. The summed E-state index contributed by atoms with van der Waals surface area (Å²) < 4.78 is 10.9. The third kappa shape index (κ3) is 3.57. The van der Waals surface area contributed by atoms with Gasteiger partial charge in [0.15, 0.2) is 0 Å². The summed E-state index contributed by atoms with van der Waals surface area (Å²) in [4.78, 5) is 19.7. The van der Waals surface area contributed by atoms with E-state index in [0.717, 1.165) is 4.88 Å². The number of carbonyl (C=O) groups excluding carboxylic acids is 1. The number of hydrogen-bond acceptors (Lipinski definition) is 6. The SMILES string of the molecule is O=C(Nc1cccc(Cl)c1)N1CCOC[C@H]1c1nc(-c2cccs2)no1. The van der Waals surface area contributed by atoms with Gasteiger partial charge >= 0.3 is 6.03 Å². The lowest BCUT2D eigenvalue weighted by atomic mass is 10.2. The minimum atomic E-state index is -0.441. The third-order valence-corrected chi connectivity index (χ3v) is 5.03. The highest BCUT2D eigenvalue weighted by Gasteiger charge is 2.33. The van der Waals surface area contributed by atoms with Crippen LogP contribution in [0.5, 0.6) is 0 Å². The van der Waals surface area contributed by atoms with Crippen LogP contribution < -0.4 is 5.32 Å². The maximum Gasteiger partial charge on any atom is 0.322 e. The lowest BCUT2D eigenvalue weighted by Gasteiger charge is -2.33. The molecule has 7 nitrogen and oxygen atoms in total. The maximum absolute atomic E-state index is 12.7. The van der Waals surface area contributed by atoms with Crippen LogP contribution in [0, 0.1) is 0 Å². The van der Waals surface area contributed by atoms with Crippen molar-refractivity contribution in [3.05, 3.63) is 52.7 Å².